The van der Waals surface area contributed by atoms with Crippen LogP contribution >= 0.6 is 7.82 Å². The van der Waals surface area contributed by atoms with Gasteiger partial charge in [-0.05, 0) is 70.6 Å². The van der Waals surface area contributed by atoms with Crippen LogP contribution in [-0.2, 0) is 18.4 Å². The first kappa shape index (κ1) is 62.5. The molecule has 3 atom stereocenters. The molecule has 0 saturated heterocycles. The van der Waals surface area contributed by atoms with Gasteiger partial charge in [0.15, 0.2) is 0 Å². The fourth-order valence-corrected chi connectivity index (χ4v) is 8.43. The molecule has 8 nitrogen and oxygen atoms in total. The molecule has 3 unspecified atom stereocenters. The quantitative estimate of drug-likeness (QED) is 0.0272. The number of aliphatic hydroxyl groups is 1. The molecular formula is C55H105N2O6P. The molecule has 1 amide bonds. The number of likely N-dealkylation sites (N-methyl/N-ethyl adjacent to an activating group) is 1. The first-order valence-corrected chi connectivity index (χ1v) is 28.5. The zero-order valence-electron chi connectivity index (χ0n) is 42.7. The lowest BCUT2D eigenvalue weighted by molar-refractivity contribution is -0.870. The van der Waals surface area contributed by atoms with E-state index in [1.54, 1.807) is 6.08 Å². The second-order valence-electron chi connectivity index (χ2n) is 19.6. The van der Waals surface area contributed by atoms with E-state index < -0.39 is 26.6 Å². The van der Waals surface area contributed by atoms with Crippen molar-refractivity contribution in [3.8, 4) is 0 Å². The summed E-state index contributed by atoms with van der Waals surface area (Å²) in [7, 11) is 1.24. The zero-order chi connectivity index (χ0) is 47.1. The maximum atomic E-state index is 12.9. The molecule has 0 radical (unpaired) electrons. The van der Waals surface area contributed by atoms with Gasteiger partial charge in [0.2, 0.25) is 5.91 Å². The average molecular weight is 921 g/mol. The normalized spacial score (nSPS) is 14.4. The molecule has 64 heavy (non-hydrogen) atoms. The van der Waals surface area contributed by atoms with Crippen LogP contribution in [0.1, 0.15) is 245 Å². The maximum Gasteiger partial charge on any atom is 0.268 e. The molecule has 9 heteroatoms. The van der Waals surface area contributed by atoms with Crippen molar-refractivity contribution in [1.82, 2.24) is 5.32 Å². The molecule has 0 fully saturated rings. The van der Waals surface area contributed by atoms with Gasteiger partial charge in [-0.3, -0.25) is 9.36 Å². The Hall–Kier alpha value is -1.54. The summed E-state index contributed by atoms with van der Waals surface area (Å²) in [5.74, 6) is -0.212. The van der Waals surface area contributed by atoms with Crippen LogP contribution in [0, 0.1) is 0 Å². The van der Waals surface area contributed by atoms with Crippen LogP contribution in [0.2, 0.25) is 0 Å². The topological polar surface area (TPSA) is 108 Å². The SMILES string of the molecule is CCCCC/C=C/CC/C=C/CC/C=C/C(O)C(COP(=O)([O-])OCC[N+](C)(C)C)NC(=O)CCCCCCCCCCCCCCC/C=C\CCCCCCCCCCCCCC. The number of carbonyl (C=O) groups is 1. The minimum Gasteiger partial charge on any atom is -0.756 e. The number of rotatable bonds is 49. The van der Waals surface area contributed by atoms with Crippen LogP contribution in [0.25, 0.3) is 0 Å². The molecule has 0 spiro atoms. The van der Waals surface area contributed by atoms with Gasteiger partial charge in [-0.1, -0.05) is 217 Å². The van der Waals surface area contributed by atoms with Gasteiger partial charge < -0.3 is 28.8 Å². The van der Waals surface area contributed by atoms with E-state index in [-0.39, 0.29) is 12.5 Å². The fraction of sp³-hybridized carbons (Fsp3) is 0.836. The molecule has 0 aromatic carbocycles. The Kier molecular flexibility index (Phi) is 45.4. The van der Waals surface area contributed by atoms with E-state index in [0.717, 1.165) is 51.4 Å². The second kappa shape index (κ2) is 46.6. The number of nitrogens with zero attached hydrogens (tertiary/aromatic N) is 1. The number of unbranched alkanes of at least 4 members (excludes halogenated alkanes) is 30. The van der Waals surface area contributed by atoms with Crippen molar-refractivity contribution in [1.29, 1.82) is 0 Å². The van der Waals surface area contributed by atoms with E-state index in [4.69, 9.17) is 9.05 Å². The Labute approximate surface area is 397 Å². The number of amides is 1. The molecule has 376 valence electrons. The third-order valence-electron chi connectivity index (χ3n) is 12.0. The zero-order valence-corrected chi connectivity index (χ0v) is 43.6. The number of nitrogens with one attached hydrogen (secondary N) is 1. The Morgan fingerprint density at radius 3 is 1.30 bits per heavy atom. The summed E-state index contributed by atoms with van der Waals surface area (Å²) in [4.78, 5) is 25.4. The number of hydrogen-bond donors (Lipinski definition) is 2. The van der Waals surface area contributed by atoms with Crippen LogP contribution in [0.5, 0.6) is 0 Å². The molecule has 2 N–H and O–H groups in total. The first-order valence-electron chi connectivity index (χ1n) is 27.0. The predicted molar refractivity (Wildman–Crippen MR) is 274 cm³/mol. The predicted octanol–water partition coefficient (Wildman–Crippen LogP) is 15.3. The highest BCUT2D eigenvalue weighted by atomic mass is 31.2. The molecule has 0 aliphatic heterocycles. The highest BCUT2D eigenvalue weighted by Crippen LogP contribution is 2.38. The lowest BCUT2D eigenvalue weighted by Crippen LogP contribution is -2.45. The molecule has 0 aliphatic rings. The summed E-state index contributed by atoms with van der Waals surface area (Å²) in [5, 5.41) is 13.8. The Morgan fingerprint density at radius 2 is 0.875 bits per heavy atom. The van der Waals surface area contributed by atoms with Gasteiger partial charge in [0, 0.05) is 6.42 Å². The number of quaternary nitrogens is 1. The van der Waals surface area contributed by atoms with Crippen molar-refractivity contribution in [2.75, 3.05) is 40.9 Å². The summed E-state index contributed by atoms with van der Waals surface area (Å²) < 4.78 is 23.2. The van der Waals surface area contributed by atoms with Gasteiger partial charge in [0.1, 0.15) is 13.2 Å². The number of aliphatic hydroxyl groups excluding tert-OH is 1. The monoisotopic (exact) mass is 921 g/mol. The number of carbonyl (C=O) groups excluding carboxylic acids is 1. The minimum atomic E-state index is -4.60. The van der Waals surface area contributed by atoms with Gasteiger partial charge in [-0.2, -0.15) is 0 Å². The molecule has 0 bridgehead atoms. The molecule has 0 aliphatic carbocycles. The van der Waals surface area contributed by atoms with E-state index in [1.807, 2.05) is 27.2 Å². The summed E-state index contributed by atoms with van der Waals surface area (Å²) >= 11 is 0. The molecule has 0 heterocycles. The summed E-state index contributed by atoms with van der Waals surface area (Å²) in [6.45, 7) is 4.60. The van der Waals surface area contributed by atoms with Crippen molar-refractivity contribution < 1.29 is 32.9 Å². The standard InChI is InChI=1S/C55H105N2O6P/c1-6-8-10-12-14-16-18-20-21-22-23-24-25-26-27-28-29-30-31-32-33-34-35-37-39-41-43-45-47-49-55(59)56-53(52-63-64(60,61)62-51-50-57(3,4)5)54(58)48-46-44-42-40-38-36-19-17-15-13-11-9-7-2/h15,17,26-27,38,40,46,48,53-54,58H,6-14,16,18-25,28-37,39,41-45,47,49-52H2,1-5H3,(H-,56,59,60,61)/b17-15+,27-26-,40-38+,48-46+. The highest BCUT2D eigenvalue weighted by Gasteiger charge is 2.23. The van der Waals surface area contributed by atoms with Gasteiger partial charge >= 0.3 is 0 Å². The molecule has 0 aromatic heterocycles. The van der Waals surface area contributed by atoms with Crippen molar-refractivity contribution in [2.45, 2.75) is 257 Å². The smallest absolute Gasteiger partial charge is 0.268 e. The molecule has 0 rings (SSSR count). The number of hydrogen-bond acceptors (Lipinski definition) is 6. The van der Waals surface area contributed by atoms with E-state index in [9.17, 15) is 19.4 Å². The molecule has 0 aromatic rings. The maximum absolute atomic E-state index is 12.9. The van der Waals surface area contributed by atoms with E-state index in [2.05, 4.69) is 55.6 Å². The number of allylic oxidation sites excluding steroid dienone is 7. The Morgan fingerprint density at radius 1 is 0.531 bits per heavy atom. The third kappa shape index (κ3) is 48.4. The van der Waals surface area contributed by atoms with Crippen molar-refractivity contribution in [3.63, 3.8) is 0 Å². The summed E-state index contributed by atoms with van der Waals surface area (Å²) in [6, 6.07) is -0.909. The first-order chi connectivity index (χ1) is 31.0. The Balaban J connectivity index is 4.13. The lowest BCUT2D eigenvalue weighted by Gasteiger charge is -2.29. The second-order valence-corrected chi connectivity index (χ2v) is 21.0. The van der Waals surface area contributed by atoms with Gasteiger partial charge in [0.25, 0.3) is 7.82 Å². The third-order valence-corrected chi connectivity index (χ3v) is 13.0. The minimum absolute atomic E-state index is 0.00941. The van der Waals surface area contributed by atoms with Crippen molar-refractivity contribution in [3.05, 3.63) is 48.6 Å². The van der Waals surface area contributed by atoms with E-state index >= 15 is 0 Å². The van der Waals surface area contributed by atoms with Crippen LogP contribution < -0.4 is 10.2 Å². The molecular weight excluding hydrogens is 816 g/mol. The van der Waals surface area contributed by atoms with Crippen molar-refractivity contribution in [2.24, 2.45) is 0 Å². The average Bonchev–Trinajstić information content (AvgIpc) is 3.25. The lowest BCUT2D eigenvalue weighted by atomic mass is 10.0. The highest BCUT2D eigenvalue weighted by molar-refractivity contribution is 7.45. The van der Waals surface area contributed by atoms with Gasteiger partial charge in [-0.15, -0.1) is 0 Å². The van der Waals surface area contributed by atoms with Crippen LogP contribution in [0.3, 0.4) is 0 Å². The fourth-order valence-electron chi connectivity index (χ4n) is 7.71. The van der Waals surface area contributed by atoms with Crippen LogP contribution in [0.4, 0.5) is 0 Å². The van der Waals surface area contributed by atoms with Crippen LogP contribution in [-0.4, -0.2) is 68.5 Å². The summed E-state index contributed by atoms with van der Waals surface area (Å²) in [6.07, 6.45) is 60.5. The van der Waals surface area contributed by atoms with Crippen molar-refractivity contribution >= 4 is 13.7 Å². The van der Waals surface area contributed by atoms with Gasteiger partial charge in [0.05, 0.1) is 39.9 Å². The van der Waals surface area contributed by atoms with E-state index in [0.29, 0.717) is 17.4 Å². The van der Waals surface area contributed by atoms with Crippen LogP contribution in [0.15, 0.2) is 48.6 Å². The Bertz CT molecular complexity index is 1180. The number of phosphoric acid groups is 1. The summed E-state index contributed by atoms with van der Waals surface area (Å²) in [5.41, 5.74) is 0. The number of phosphoric ester groups is 1. The molecule has 0 saturated carbocycles. The largest absolute Gasteiger partial charge is 0.756 e. The van der Waals surface area contributed by atoms with E-state index in [1.165, 1.54) is 173 Å². The van der Waals surface area contributed by atoms with Gasteiger partial charge in [-0.25, -0.2) is 0 Å².